The summed E-state index contributed by atoms with van der Waals surface area (Å²) in [6.45, 7) is 5.07. The summed E-state index contributed by atoms with van der Waals surface area (Å²) in [7, 11) is 1.58. The van der Waals surface area contributed by atoms with Gasteiger partial charge in [-0.05, 0) is 13.8 Å². The molecular weight excluding hydrogens is 234 g/mol. The maximum absolute atomic E-state index is 12.3. The third kappa shape index (κ3) is 2.69. The van der Waals surface area contributed by atoms with Gasteiger partial charge in [-0.3, -0.25) is 9.59 Å². The zero-order chi connectivity index (χ0) is 13.3. The largest absolute Gasteiger partial charge is 0.372 e. The van der Waals surface area contributed by atoms with Gasteiger partial charge in [0.25, 0.3) is 5.91 Å². The van der Waals surface area contributed by atoms with Crippen LogP contribution in [0.15, 0.2) is 5.10 Å². The lowest BCUT2D eigenvalue weighted by Crippen LogP contribution is -2.51. The standard InChI is InChI=1S/C12H19N3O3/c1-8-6-15(7-9(2)18-8)12(17)10-4-5-11(16)14(3)13-10/h8-9H,4-7H2,1-3H3/t8-,9-/m0/s1. The molecule has 0 aromatic heterocycles. The van der Waals surface area contributed by atoms with E-state index in [9.17, 15) is 9.59 Å². The third-order valence-corrected chi connectivity index (χ3v) is 3.16. The number of carbonyl (C=O) groups excluding carboxylic acids is 2. The van der Waals surface area contributed by atoms with E-state index in [1.807, 2.05) is 13.8 Å². The highest BCUT2D eigenvalue weighted by Crippen LogP contribution is 2.14. The van der Waals surface area contributed by atoms with Crippen LogP contribution in [0, 0.1) is 0 Å². The van der Waals surface area contributed by atoms with Crippen LogP contribution in [-0.4, -0.2) is 59.8 Å². The maximum Gasteiger partial charge on any atom is 0.270 e. The summed E-state index contributed by atoms with van der Waals surface area (Å²) in [4.78, 5) is 25.4. The molecule has 0 saturated carbocycles. The molecule has 2 heterocycles. The van der Waals surface area contributed by atoms with Gasteiger partial charge >= 0.3 is 0 Å². The molecule has 1 saturated heterocycles. The van der Waals surface area contributed by atoms with Crippen molar-refractivity contribution in [1.82, 2.24) is 9.91 Å². The quantitative estimate of drug-likeness (QED) is 0.672. The summed E-state index contributed by atoms with van der Waals surface area (Å²) in [5, 5.41) is 5.31. The Kier molecular flexibility index (Phi) is 3.65. The average molecular weight is 253 g/mol. The Morgan fingerprint density at radius 1 is 1.28 bits per heavy atom. The number of rotatable bonds is 1. The van der Waals surface area contributed by atoms with Crippen LogP contribution in [-0.2, 0) is 14.3 Å². The second-order valence-corrected chi connectivity index (χ2v) is 4.93. The minimum atomic E-state index is -0.0728. The Hall–Kier alpha value is -1.43. The predicted molar refractivity (Wildman–Crippen MR) is 66.0 cm³/mol. The molecule has 6 heteroatoms. The second-order valence-electron chi connectivity index (χ2n) is 4.93. The van der Waals surface area contributed by atoms with Crippen LogP contribution < -0.4 is 0 Å². The number of hydrogen-bond acceptors (Lipinski definition) is 4. The van der Waals surface area contributed by atoms with E-state index in [0.717, 1.165) is 0 Å². The second kappa shape index (κ2) is 5.06. The first kappa shape index (κ1) is 13.0. The van der Waals surface area contributed by atoms with Gasteiger partial charge < -0.3 is 9.64 Å². The van der Waals surface area contributed by atoms with E-state index in [0.29, 0.717) is 31.6 Å². The highest BCUT2D eigenvalue weighted by Gasteiger charge is 2.30. The first-order valence-corrected chi connectivity index (χ1v) is 6.26. The molecule has 0 aromatic rings. The Labute approximate surface area is 107 Å². The van der Waals surface area contributed by atoms with Crippen LogP contribution in [0.25, 0.3) is 0 Å². The first-order chi connectivity index (χ1) is 8.47. The molecule has 0 unspecified atom stereocenters. The summed E-state index contributed by atoms with van der Waals surface area (Å²) in [5.74, 6) is -0.119. The fourth-order valence-corrected chi connectivity index (χ4v) is 2.35. The molecule has 2 aliphatic heterocycles. The molecule has 0 bridgehead atoms. The summed E-state index contributed by atoms with van der Waals surface area (Å²) in [6, 6.07) is 0. The van der Waals surface area contributed by atoms with Gasteiger partial charge in [0.05, 0.1) is 12.2 Å². The lowest BCUT2D eigenvalue weighted by Gasteiger charge is -2.36. The Morgan fingerprint density at radius 2 is 1.89 bits per heavy atom. The number of amides is 2. The molecule has 0 spiro atoms. The zero-order valence-corrected chi connectivity index (χ0v) is 11.0. The van der Waals surface area contributed by atoms with Crippen molar-refractivity contribution in [2.24, 2.45) is 5.10 Å². The molecule has 100 valence electrons. The van der Waals surface area contributed by atoms with Gasteiger partial charge in [-0.25, -0.2) is 5.01 Å². The Morgan fingerprint density at radius 3 is 2.44 bits per heavy atom. The minimum absolute atomic E-state index is 0.0428. The Bertz CT molecular complexity index is 384. The summed E-state index contributed by atoms with van der Waals surface area (Å²) in [5.41, 5.74) is 0.471. The van der Waals surface area contributed by atoms with Crippen LogP contribution in [0.1, 0.15) is 26.7 Å². The molecule has 0 aliphatic carbocycles. The number of carbonyl (C=O) groups is 2. The number of hydrazone groups is 1. The number of nitrogens with zero attached hydrogens (tertiary/aromatic N) is 3. The van der Waals surface area contributed by atoms with E-state index >= 15 is 0 Å². The highest BCUT2D eigenvalue weighted by molar-refractivity contribution is 6.39. The first-order valence-electron chi connectivity index (χ1n) is 6.26. The van der Waals surface area contributed by atoms with E-state index in [1.54, 1.807) is 11.9 Å². The van der Waals surface area contributed by atoms with E-state index in [-0.39, 0.29) is 24.0 Å². The van der Waals surface area contributed by atoms with E-state index in [2.05, 4.69) is 5.10 Å². The molecule has 2 rings (SSSR count). The molecule has 1 fully saturated rings. The monoisotopic (exact) mass is 253 g/mol. The lowest BCUT2D eigenvalue weighted by atomic mass is 10.1. The van der Waals surface area contributed by atoms with Crippen molar-refractivity contribution in [3.8, 4) is 0 Å². The fourth-order valence-electron chi connectivity index (χ4n) is 2.35. The molecule has 18 heavy (non-hydrogen) atoms. The van der Waals surface area contributed by atoms with Crippen molar-refractivity contribution in [2.75, 3.05) is 20.1 Å². The molecule has 2 amide bonds. The van der Waals surface area contributed by atoms with E-state index in [1.165, 1.54) is 5.01 Å². The van der Waals surface area contributed by atoms with E-state index in [4.69, 9.17) is 4.74 Å². The zero-order valence-electron chi connectivity index (χ0n) is 11.0. The normalized spacial score (nSPS) is 29.3. The molecule has 6 nitrogen and oxygen atoms in total. The van der Waals surface area contributed by atoms with Crippen molar-refractivity contribution in [3.63, 3.8) is 0 Å². The SMILES string of the molecule is C[C@H]1CN(C(=O)C2=NN(C)C(=O)CC2)C[C@H](C)O1. The number of morpholine rings is 1. The van der Waals surface area contributed by atoms with Gasteiger partial charge in [-0.15, -0.1) is 0 Å². The van der Waals surface area contributed by atoms with Crippen molar-refractivity contribution >= 4 is 17.5 Å². The third-order valence-electron chi connectivity index (χ3n) is 3.16. The van der Waals surface area contributed by atoms with Crippen LogP contribution in [0.2, 0.25) is 0 Å². The molecule has 2 atom stereocenters. The van der Waals surface area contributed by atoms with Crippen LogP contribution in [0.5, 0.6) is 0 Å². The van der Waals surface area contributed by atoms with Crippen molar-refractivity contribution in [3.05, 3.63) is 0 Å². The topological polar surface area (TPSA) is 62.2 Å². The fraction of sp³-hybridized carbons (Fsp3) is 0.750. The number of hydrogen-bond donors (Lipinski definition) is 0. The summed E-state index contributed by atoms with van der Waals surface area (Å²) >= 11 is 0. The van der Waals surface area contributed by atoms with Gasteiger partial charge in [0.2, 0.25) is 5.91 Å². The molecule has 0 radical (unpaired) electrons. The highest BCUT2D eigenvalue weighted by atomic mass is 16.5. The maximum atomic E-state index is 12.3. The molecule has 0 aromatic carbocycles. The van der Waals surface area contributed by atoms with Gasteiger partial charge in [0, 0.05) is 33.0 Å². The van der Waals surface area contributed by atoms with Gasteiger partial charge in [-0.1, -0.05) is 0 Å². The van der Waals surface area contributed by atoms with Gasteiger partial charge in [0.1, 0.15) is 5.71 Å². The van der Waals surface area contributed by atoms with Crippen LogP contribution >= 0.6 is 0 Å². The van der Waals surface area contributed by atoms with Crippen LogP contribution in [0.4, 0.5) is 0 Å². The van der Waals surface area contributed by atoms with Gasteiger partial charge in [-0.2, -0.15) is 5.10 Å². The lowest BCUT2D eigenvalue weighted by molar-refractivity contribution is -0.136. The Balaban J connectivity index is 2.07. The summed E-state index contributed by atoms with van der Waals surface area (Å²) < 4.78 is 5.59. The number of ether oxygens (including phenoxy) is 1. The van der Waals surface area contributed by atoms with Gasteiger partial charge in [0.15, 0.2) is 0 Å². The molecular formula is C12H19N3O3. The molecule has 0 N–H and O–H groups in total. The van der Waals surface area contributed by atoms with E-state index < -0.39 is 0 Å². The van der Waals surface area contributed by atoms with Crippen molar-refractivity contribution in [1.29, 1.82) is 0 Å². The smallest absolute Gasteiger partial charge is 0.270 e. The van der Waals surface area contributed by atoms with Crippen molar-refractivity contribution in [2.45, 2.75) is 38.9 Å². The molecule has 2 aliphatic rings. The average Bonchev–Trinajstić information content (AvgIpc) is 2.30. The summed E-state index contributed by atoms with van der Waals surface area (Å²) in [6.07, 6.45) is 0.876. The van der Waals surface area contributed by atoms with Crippen LogP contribution in [0.3, 0.4) is 0 Å². The minimum Gasteiger partial charge on any atom is -0.372 e. The van der Waals surface area contributed by atoms with Crippen molar-refractivity contribution < 1.29 is 14.3 Å². The predicted octanol–water partition coefficient (Wildman–Crippen LogP) is 0.230.